The molecule has 0 fully saturated rings. The van der Waals surface area contributed by atoms with Crippen LogP contribution in [0.1, 0.15) is 24.1 Å². The molecule has 2 N–H and O–H groups in total. The van der Waals surface area contributed by atoms with Gasteiger partial charge in [0, 0.05) is 18.3 Å². The zero-order valence-electron chi connectivity index (χ0n) is 10.3. The van der Waals surface area contributed by atoms with Crippen LogP contribution in [-0.2, 0) is 6.54 Å². The molecule has 0 amide bonds. The van der Waals surface area contributed by atoms with Crippen LogP contribution >= 0.6 is 11.3 Å². The van der Waals surface area contributed by atoms with Gasteiger partial charge in [-0.05, 0) is 54.1 Å². The average molecular weight is 246 g/mol. The lowest BCUT2D eigenvalue weighted by atomic mass is 10.1. The van der Waals surface area contributed by atoms with Crippen molar-refractivity contribution in [3.05, 3.63) is 52.2 Å². The maximum atomic E-state index is 5.70. The fourth-order valence-corrected chi connectivity index (χ4v) is 2.50. The molecule has 0 aliphatic rings. The summed E-state index contributed by atoms with van der Waals surface area (Å²) in [6, 6.07) is 10.7. The Morgan fingerprint density at radius 2 is 1.94 bits per heavy atom. The van der Waals surface area contributed by atoms with Gasteiger partial charge in [0.2, 0.25) is 0 Å². The molecule has 1 heterocycles. The van der Waals surface area contributed by atoms with Gasteiger partial charge in [-0.15, -0.1) is 0 Å². The number of rotatable bonds is 4. The van der Waals surface area contributed by atoms with E-state index in [1.807, 2.05) is 12.1 Å². The second-order valence-corrected chi connectivity index (χ2v) is 5.17. The topological polar surface area (TPSA) is 29.3 Å². The monoisotopic (exact) mass is 246 g/mol. The third kappa shape index (κ3) is 3.08. The zero-order chi connectivity index (χ0) is 12.3. The van der Waals surface area contributed by atoms with Crippen LogP contribution < -0.4 is 5.73 Å². The summed E-state index contributed by atoms with van der Waals surface area (Å²) < 4.78 is 0. The molecule has 1 aromatic carbocycles. The van der Waals surface area contributed by atoms with Crippen molar-refractivity contribution in [2.45, 2.75) is 19.5 Å². The first-order valence-corrected chi connectivity index (χ1v) is 6.68. The Hall–Kier alpha value is -1.32. The van der Waals surface area contributed by atoms with Gasteiger partial charge in [0.05, 0.1) is 0 Å². The quantitative estimate of drug-likeness (QED) is 0.836. The lowest BCUT2D eigenvalue weighted by Crippen LogP contribution is -2.21. The van der Waals surface area contributed by atoms with Crippen LogP contribution in [0.15, 0.2) is 41.1 Å². The van der Waals surface area contributed by atoms with E-state index in [9.17, 15) is 0 Å². The van der Waals surface area contributed by atoms with E-state index >= 15 is 0 Å². The molecule has 2 aromatic rings. The largest absolute Gasteiger partial charge is 0.399 e. The lowest BCUT2D eigenvalue weighted by molar-refractivity contribution is 0.253. The molecule has 3 heteroatoms. The van der Waals surface area contributed by atoms with Crippen LogP contribution in [0.4, 0.5) is 5.69 Å². The second kappa shape index (κ2) is 5.34. The zero-order valence-corrected chi connectivity index (χ0v) is 11.1. The predicted molar refractivity (Wildman–Crippen MR) is 75.1 cm³/mol. The van der Waals surface area contributed by atoms with Crippen molar-refractivity contribution in [1.82, 2.24) is 4.90 Å². The van der Waals surface area contributed by atoms with Gasteiger partial charge in [0.1, 0.15) is 0 Å². The van der Waals surface area contributed by atoms with E-state index in [1.165, 1.54) is 11.1 Å². The van der Waals surface area contributed by atoms with Gasteiger partial charge in [-0.2, -0.15) is 11.3 Å². The van der Waals surface area contributed by atoms with Gasteiger partial charge >= 0.3 is 0 Å². The molecular formula is C14H18N2S. The summed E-state index contributed by atoms with van der Waals surface area (Å²) in [4.78, 5) is 2.34. The third-order valence-corrected chi connectivity index (χ3v) is 3.82. The highest BCUT2D eigenvalue weighted by molar-refractivity contribution is 7.07. The van der Waals surface area contributed by atoms with Crippen molar-refractivity contribution in [2.75, 3.05) is 12.8 Å². The van der Waals surface area contributed by atoms with Gasteiger partial charge in [-0.1, -0.05) is 12.1 Å². The standard InChI is InChI=1S/C14H18N2S/c1-11(13-3-5-14(15)6-4-13)16(2)9-12-7-8-17-10-12/h3-8,10-11H,9,15H2,1-2H3. The first-order valence-electron chi connectivity index (χ1n) is 5.73. The van der Waals surface area contributed by atoms with Crippen molar-refractivity contribution < 1.29 is 0 Å². The van der Waals surface area contributed by atoms with Crippen molar-refractivity contribution in [2.24, 2.45) is 0 Å². The van der Waals surface area contributed by atoms with Crippen LogP contribution in [0.5, 0.6) is 0 Å². The lowest BCUT2D eigenvalue weighted by Gasteiger charge is -2.24. The summed E-state index contributed by atoms with van der Waals surface area (Å²) in [5.74, 6) is 0. The Labute approximate surface area is 107 Å². The molecule has 2 rings (SSSR count). The average Bonchev–Trinajstić information content (AvgIpc) is 2.82. The molecule has 0 saturated heterocycles. The van der Waals surface area contributed by atoms with Crippen molar-refractivity contribution in [3.8, 4) is 0 Å². The van der Waals surface area contributed by atoms with Gasteiger partial charge in [0.15, 0.2) is 0 Å². The van der Waals surface area contributed by atoms with E-state index in [0.717, 1.165) is 12.2 Å². The molecule has 17 heavy (non-hydrogen) atoms. The number of thiophene rings is 1. The molecular weight excluding hydrogens is 228 g/mol. The van der Waals surface area contributed by atoms with Crippen LogP contribution in [-0.4, -0.2) is 11.9 Å². The number of anilines is 1. The van der Waals surface area contributed by atoms with Crippen molar-refractivity contribution in [1.29, 1.82) is 0 Å². The van der Waals surface area contributed by atoms with Crippen molar-refractivity contribution in [3.63, 3.8) is 0 Å². The molecule has 0 radical (unpaired) electrons. The van der Waals surface area contributed by atoms with Crippen LogP contribution in [0, 0.1) is 0 Å². The van der Waals surface area contributed by atoms with E-state index in [1.54, 1.807) is 11.3 Å². The summed E-state index contributed by atoms with van der Waals surface area (Å²) in [6.07, 6.45) is 0. The van der Waals surface area contributed by atoms with E-state index in [4.69, 9.17) is 5.73 Å². The highest BCUT2D eigenvalue weighted by atomic mass is 32.1. The van der Waals surface area contributed by atoms with Gasteiger partial charge in [-0.3, -0.25) is 4.90 Å². The molecule has 0 aliphatic heterocycles. The molecule has 1 unspecified atom stereocenters. The minimum atomic E-state index is 0.399. The van der Waals surface area contributed by atoms with Gasteiger partial charge in [-0.25, -0.2) is 0 Å². The fourth-order valence-electron chi connectivity index (χ4n) is 1.84. The van der Waals surface area contributed by atoms with E-state index in [2.05, 4.69) is 47.8 Å². The van der Waals surface area contributed by atoms with Gasteiger partial charge in [0.25, 0.3) is 0 Å². The third-order valence-electron chi connectivity index (χ3n) is 3.09. The summed E-state index contributed by atoms with van der Waals surface area (Å²) in [7, 11) is 2.15. The number of hydrogen-bond acceptors (Lipinski definition) is 3. The summed E-state index contributed by atoms with van der Waals surface area (Å²) >= 11 is 1.75. The maximum absolute atomic E-state index is 5.70. The number of nitrogens with two attached hydrogens (primary N) is 1. The first-order chi connectivity index (χ1) is 8.16. The molecule has 0 bridgehead atoms. The Kier molecular flexibility index (Phi) is 3.82. The minimum absolute atomic E-state index is 0.399. The molecule has 0 saturated carbocycles. The van der Waals surface area contributed by atoms with Crippen LogP contribution in [0.3, 0.4) is 0 Å². The molecule has 0 aliphatic carbocycles. The van der Waals surface area contributed by atoms with Crippen LogP contribution in [0.2, 0.25) is 0 Å². The second-order valence-electron chi connectivity index (χ2n) is 4.39. The van der Waals surface area contributed by atoms with Gasteiger partial charge < -0.3 is 5.73 Å². The Morgan fingerprint density at radius 3 is 2.53 bits per heavy atom. The summed E-state index contributed by atoms with van der Waals surface area (Å²) in [5.41, 5.74) is 9.20. The minimum Gasteiger partial charge on any atom is -0.399 e. The molecule has 1 aromatic heterocycles. The Balaban J connectivity index is 2.04. The molecule has 90 valence electrons. The molecule has 1 atom stereocenters. The van der Waals surface area contributed by atoms with Crippen molar-refractivity contribution >= 4 is 17.0 Å². The fraction of sp³-hybridized carbons (Fsp3) is 0.286. The van der Waals surface area contributed by atoms with E-state index in [0.29, 0.717) is 6.04 Å². The normalized spacial score (nSPS) is 12.9. The maximum Gasteiger partial charge on any atom is 0.0320 e. The number of benzene rings is 1. The summed E-state index contributed by atoms with van der Waals surface area (Å²) in [6.45, 7) is 3.20. The first kappa shape index (κ1) is 12.1. The summed E-state index contributed by atoms with van der Waals surface area (Å²) in [5, 5.41) is 4.32. The smallest absolute Gasteiger partial charge is 0.0320 e. The molecule has 2 nitrogen and oxygen atoms in total. The Bertz CT molecular complexity index is 448. The SMILES string of the molecule is CC(c1ccc(N)cc1)N(C)Cc1ccsc1. The molecule has 0 spiro atoms. The van der Waals surface area contributed by atoms with E-state index < -0.39 is 0 Å². The highest BCUT2D eigenvalue weighted by Gasteiger charge is 2.11. The highest BCUT2D eigenvalue weighted by Crippen LogP contribution is 2.22. The number of nitrogen functional groups attached to an aromatic ring is 1. The van der Waals surface area contributed by atoms with Crippen LogP contribution in [0.25, 0.3) is 0 Å². The predicted octanol–water partition coefficient (Wildman–Crippen LogP) is 3.52. The number of nitrogens with zero attached hydrogens (tertiary/aromatic N) is 1. The number of hydrogen-bond donors (Lipinski definition) is 1. The Morgan fingerprint density at radius 1 is 1.24 bits per heavy atom. The van der Waals surface area contributed by atoms with E-state index in [-0.39, 0.29) is 0 Å².